The van der Waals surface area contributed by atoms with Gasteiger partial charge in [-0.2, -0.15) is 0 Å². The van der Waals surface area contributed by atoms with Crippen LogP contribution in [0.2, 0.25) is 0 Å². The second-order valence-electron chi connectivity index (χ2n) is 3.08. The predicted molar refractivity (Wildman–Crippen MR) is 30.1 cm³/mol. The molecule has 8 heavy (non-hydrogen) atoms. The van der Waals surface area contributed by atoms with Crippen molar-refractivity contribution in [2.75, 3.05) is 0 Å². The number of halogens is 1. The SMILES string of the molecule is FC12[CH]CC(CC1)C2. The second kappa shape index (κ2) is 1.26. The molecule has 2 rings (SSSR count). The van der Waals surface area contributed by atoms with Crippen molar-refractivity contribution in [1.82, 2.24) is 0 Å². The zero-order chi connectivity index (χ0) is 5.61. The fraction of sp³-hybridized carbons (Fsp3) is 0.857. The molecule has 2 saturated carbocycles. The molecule has 0 nitrogen and oxygen atoms in total. The maximum Gasteiger partial charge on any atom is 0.114 e. The molecular weight excluding hydrogens is 103 g/mol. The molecule has 2 aliphatic carbocycles. The van der Waals surface area contributed by atoms with Crippen molar-refractivity contribution < 1.29 is 4.39 Å². The van der Waals surface area contributed by atoms with Gasteiger partial charge in [0.15, 0.2) is 0 Å². The first-order valence-corrected chi connectivity index (χ1v) is 3.32. The standard InChI is InChI=1S/C7H10F/c8-7-3-1-6(5-7)2-4-7/h3,6H,1-2,4-5H2. The van der Waals surface area contributed by atoms with E-state index in [1.165, 1.54) is 0 Å². The second-order valence-corrected chi connectivity index (χ2v) is 3.08. The Morgan fingerprint density at radius 1 is 1.62 bits per heavy atom. The Morgan fingerprint density at radius 3 is 2.62 bits per heavy atom. The summed E-state index contributed by atoms with van der Waals surface area (Å²) >= 11 is 0. The van der Waals surface area contributed by atoms with E-state index in [1.54, 1.807) is 0 Å². The average Bonchev–Trinajstić information content (AvgIpc) is 2.21. The van der Waals surface area contributed by atoms with Crippen LogP contribution >= 0.6 is 0 Å². The van der Waals surface area contributed by atoms with Crippen LogP contribution in [-0.2, 0) is 0 Å². The molecule has 2 atom stereocenters. The van der Waals surface area contributed by atoms with Gasteiger partial charge >= 0.3 is 0 Å². The van der Waals surface area contributed by atoms with Crippen molar-refractivity contribution in [1.29, 1.82) is 0 Å². The molecule has 2 fully saturated rings. The zero-order valence-electron chi connectivity index (χ0n) is 4.86. The van der Waals surface area contributed by atoms with Crippen LogP contribution in [0.5, 0.6) is 0 Å². The van der Waals surface area contributed by atoms with Crippen LogP contribution in [0.25, 0.3) is 0 Å². The van der Waals surface area contributed by atoms with Crippen molar-refractivity contribution in [3.8, 4) is 0 Å². The van der Waals surface area contributed by atoms with E-state index in [2.05, 4.69) is 0 Å². The molecule has 0 aliphatic heterocycles. The van der Waals surface area contributed by atoms with Crippen LogP contribution < -0.4 is 0 Å². The van der Waals surface area contributed by atoms with Gasteiger partial charge in [0.2, 0.25) is 0 Å². The average molecular weight is 113 g/mol. The lowest BCUT2D eigenvalue weighted by Crippen LogP contribution is -2.14. The number of fused-ring (bicyclic) bond motifs is 2. The Bertz CT molecular complexity index is 101. The van der Waals surface area contributed by atoms with Crippen molar-refractivity contribution in [3.63, 3.8) is 0 Å². The Morgan fingerprint density at radius 2 is 2.50 bits per heavy atom. The van der Waals surface area contributed by atoms with Gasteiger partial charge in [0.05, 0.1) is 0 Å². The van der Waals surface area contributed by atoms with Gasteiger partial charge in [0.1, 0.15) is 5.67 Å². The summed E-state index contributed by atoms with van der Waals surface area (Å²) in [4.78, 5) is 0. The van der Waals surface area contributed by atoms with Gasteiger partial charge in [-0.25, -0.2) is 4.39 Å². The highest BCUT2D eigenvalue weighted by Gasteiger charge is 2.45. The Kier molecular flexibility index (Phi) is 0.750. The van der Waals surface area contributed by atoms with Crippen molar-refractivity contribution >= 4 is 0 Å². The summed E-state index contributed by atoms with van der Waals surface area (Å²) in [6.45, 7) is 0. The first kappa shape index (κ1) is 4.78. The van der Waals surface area contributed by atoms with Crippen LogP contribution in [-0.4, -0.2) is 5.67 Å². The first-order valence-electron chi connectivity index (χ1n) is 3.32. The third-order valence-corrected chi connectivity index (χ3v) is 2.41. The molecule has 1 radical (unpaired) electrons. The van der Waals surface area contributed by atoms with Gasteiger partial charge in [0.25, 0.3) is 0 Å². The van der Waals surface area contributed by atoms with E-state index in [1.807, 2.05) is 6.42 Å². The number of hydrogen-bond donors (Lipinski definition) is 0. The van der Waals surface area contributed by atoms with Crippen LogP contribution in [0.1, 0.15) is 25.7 Å². The molecule has 0 aromatic carbocycles. The monoisotopic (exact) mass is 113 g/mol. The summed E-state index contributed by atoms with van der Waals surface area (Å²) in [6, 6.07) is 0. The minimum atomic E-state index is -0.815. The van der Waals surface area contributed by atoms with E-state index in [4.69, 9.17) is 0 Å². The predicted octanol–water partition coefficient (Wildman–Crippen LogP) is 2.10. The summed E-state index contributed by atoms with van der Waals surface area (Å²) in [6.07, 6.45) is 5.66. The largest absolute Gasteiger partial charge is 0.244 e. The topological polar surface area (TPSA) is 0 Å². The number of alkyl halides is 1. The third-order valence-electron chi connectivity index (χ3n) is 2.41. The highest BCUT2D eigenvalue weighted by molar-refractivity contribution is 5.07. The highest BCUT2D eigenvalue weighted by atomic mass is 19.1. The van der Waals surface area contributed by atoms with Gasteiger partial charge in [-0.05, 0) is 38.0 Å². The number of rotatable bonds is 0. The van der Waals surface area contributed by atoms with E-state index in [9.17, 15) is 4.39 Å². The highest BCUT2D eigenvalue weighted by Crippen LogP contribution is 2.49. The molecule has 0 aromatic heterocycles. The van der Waals surface area contributed by atoms with Crippen LogP contribution in [0.15, 0.2) is 0 Å². The lowest BCUT2D eigenvalue weighted by Gasteiger charge is -2.13. The fourth-order valence-corrected chi connectivity index (χ4v) is 1.89. The van der Waals surface area contributed by atoms with Gasteiger partial charge in [-0.3, -0.25) is 0 Å². The van der Waals surface area contributed by atoms with E-state index >= 15 is 0 Å². The van der Waals surface area contributed by atoms with Gasteiger partial charge in [-0.1, -0.05) is 0 Å². The van der Waals surface area contributed by atoms with Crippen molar-refractivity contribution in [3.05, 3.63) is 6.42 Å². The van der Waals surface area contributed by atoms with Crippen molar-refractivity contribution in [2.45, 2.75) is 31.4 Å². The van der Waals surface area contributed by atoms with Crippen molar-refractivity contribution in [2.24, 2.45) is 5.92 Å². The molecule has 2 unspecified atom stereocenters. The normalized spacial score (nSPS) is 52.9. The zero-order valence-corrected chi connectivity index (χ0v) is 4.86. The summed E-state index contributed by atoms with van der Waals surface area (Å²) in [5.41, 5.74) is -0.815. The number of hydrogen-bond acceptors (Lipinski definition) is 0. The lowest BCUT2D eigenvalue weighted by molar-refractivity contribution is 0.227. The van der Waals surface area contributed by atoms with E-state index in [-0.39, 0.29) is 0 Å². The summed E-state index contributed by atoms with van der Waals surface area (Å²) in [5, 5.41) is 0. The van der Waals surface area contributed by atoms with Gasteiger partial charge in [-0.15, -0.1) is 0 Å². The fourth-order valence-electron chi connectivity index (χ4n) is 1.89. The quantitative estimate of drug-likeness (QED) is 0.451. The molecule has 0 heterocycles. The van der Waals surface area contributed by atoms with Gasteiger partial charge in [0, 0.05) is 0 Å². The Labute approximate surface area is 49.1 Å². The third kappa shape index (κ3) is 0.503. The molecule has 0 spiro atoms. The maximum absolute atomic E-state index is 13.0. The van der Waals surface area contributed by atoms with Crippen LogP contribution in [0, 0.1) is 12.3 Å². The molecule has 45 valence electrons. The Hall–Kier alpha value is -0.0700. The Balaban J connectivity index is 2.19. The summed E-state index contributed by atoms with van der Waals surface area (Å²) in [7, 11) is 0. The molecule has 2 bridgehead atoms. The van der Waals surface area contributed by atoms with Crippen LogP contribution in [0.4, 0.5) is 4.39 Å². The molecule has 0 amide bonds. The van der Waals surface area contributed by atoms with E-state index < -0.39 is 5.67 Å². The smallest absolute Gasteiger partial charge is 0.114 e. The van der Waals surface area contributed by atoms with Crippen LogP contribution in [0.3, 0.4) is 0 Å². The summed E-state index contributed by atoms with van der Waals surface area (Å²) in [5.74, 6) is 0.708. The molecule has 0 N–H and O–H groups in total. The maximum atomic E-state index is 13.0. The molecule has 2 aliphatic rings. The lowest BCUT2D eigenvalue weighted by atomic mass is 9.99. The molecule has 1 heteroatoms. The first-order chi connectivity index (χ1) is 3.79. The van der Waals surface area contributed by atoms with Gasteiger partial charge < -0.3 is 0 Å². The minimum Gasteiger partial charge on any atom is -0.244 e. The molecular formula is C7H10F. The molecule has 0 saturated heterocycles. The van der Waals surface area contributed by atoms with E-state index in [0.29, 0.717) is 5.92 Å². The summed E-state index contributed by atoms with van der Waals surface area (Å²) < 4.78 is 13.0. The minimum absolute atomic E-state index is 0.708. The van der Waals surface area contributed by atoms with E-state index in [0.717, 1.165) is 25.7 Å². The molecule has 0 aromatic rings.